The van der Waals surface area contributed by atoms with Gasteiger partial charge in [-0.2, -0.15) is 0 Å². The Kier molecular flexibility index (Phi) is 4.15. The standard InChI is InChI=1S/C14H15Cl2N3O/c15-10-7-11-13(1-6-20-14(11)12(16)8-10)18-3-5-19-4-2-17-9-19/h2,4,7-9,13,18H,1,3,5-6H2. The lowest BCUT2D eigenvalue weighted by Crippen LogP contribution is -2.29. The van der Waals surface area contributed by atoms with E-state index in [1.54, 1.807) is 12.3 Å². The van der Waals surface area contributed by atoms with Gasteiger partial charge in [0, 0.05) is 48.5 Å². The zero-order chi connectivity index (χ0) is 13.9. The summed E-state index contributed by atoms with van der Waals surface area (Å²) in [6.07, 6.45) is 6.46. The normalized spacial score (nSPS) is 17.6. The molecule has 20 heavy (non-hydrogen) atoms. The van der Waals surface area contributed by atoms with Gasteiger partial charge in [-0.1, -0.05) is 23.2 Å². The largest absolute Gasteiger partial charge is 0.492 e. The lowest BCUT2D eigenvalue weighted by atomic mass is 10.0. The topological polar surface area (TPSA) is 39.1 Å². The Labute approximate surface area is 127 Å². The molecule has 0 bridgehead atoms. The first-order valence-electron chi connectivity index (χ1n) is 6.55. The second-order valence-electron chi connectivity index (χ2n) is 4.75. The Morgan fingerprint density at radius 2 is 2.30 bits per heavy atom. The summed E-state index contributed by atoms with van der Waals surface area (Å²) in [5.74, 6) is 0.752. The van der Waals surface area contributed by atoms with Crippen molar-refractivity contribution >= 4 is 23.2 Å². The van der Waals surface area contributed by atoms with Crippen molar-refractivity contribution < 1.29 is 4.74 Å². The van der Waals surface area contributed by atoms with Crippen LogP contribution in [0.15, 0.2) is 30.9 Å². The van der Waals surface area contributed by atoms with Gasteiger partial charge in [0.05, 0.1) is 18.0 Å². The van der Waals surface area contributed by atoms with Gasteiger partial charge in [-0.15, -0.1) is 0 Å². The molecule has 106 valence electrons. The summed E-state index contributed by atoms with van der Waals surface area (Å²) >= 11 is 12.3. The average molecular weight is 312 g/mol. The van der Waals surface area contributed by atoms with Crippen LogP contribution in [0.4, 0.5) is 0 Å². The van der Waals surface area contributed by atoms with Crippen molar-refractivity contribution in [2.24, 2.45) is 0 Å². The predicted molar refractivity (Wildman–Crippen MR) is 79.5 cm³/mol. The predicted octanol–water partition coefficient (Wildman–Crippen LogP) is 3.30. The van der Waals surface area contributed by atoms with Gasteiger partial charge >= 0.3 is 0 Å². The van der Waals surface area contributed by atoms with Gasteiger partial charge in [0.1, 0.15) is 5.75 Å². The Hall–Kier alpha value is -1.23. The monoisotopic (exact) mass is 311 g/mol. The molecule has 1 unspecified atom stereocenters. The number of rotatable bonds is 4. The van der Waals surface area contributed by atoms with Crippen LogP contribution < -0.4 is 10.1 Å². The molecule has 0 aliphatic carbocycles. The summed E-state index contributed by atoms with van der Waals surface area (Å²) in [5, 5.41) is 4.74. The van der Waals surface area contributed by atoms with Crippen LogP contribution in [-0.4, -0.2) is 22.7 Å². The van der Waals surface area contributed by atoms with E-state index in [1.807, 2.05) is 23.2 Å². The van der Waals surface area contributed by atoms with Crippen LogP contribution in [0, 0.1) is 0 Å². The molecule has 0 amide bonds. The smallest absolute Gasteiger partial charge is 0.142 e. The van der Waals surface area contributed by atoms with Gasteiger partial charge in [-0.3, -0.25) is 0 Å². The molecule has 0 spiro atoms. The van der Waals surface area contributed by atoms with Crippen LogP contribution in [0.3, 0.4) is 0 Å². The molecule has 6 heteroatoms. The lowest BCUT2D eigenvalue weighted by Gasteiger charge is -2.27. The zero-order valence-corrected chi connectivity index (χ0v) is 12.4. The molecule has 2 heterocycles. The van der Waals surface area contributed by atoms with Crippen molar-refractivity contribution in [1.29, 1.82) is 0 Å². The Morgan fingerprint density at radius 1 is 1.40 bits per heavy atom. The Bertz CT molecular complexity index is 586. The number of aromatic nitrogens is 2. The highest BCUT2D eigenvalue weighted by atomic mass is 35.5. The van der Waals surface area contributed by atoms with Crippen molar-refractivity contribution in [2.45, 2.75) is 19.0 Å². The Balaban J connectivity index is 1.70. The summed E-state index contributed by atoms with van der Waals surface area (Å²) in [6, 6.07) is 3.87. The molecule has 0 radical (unpaired) electrons. The maximum absolute atomic E-state index is 6.18. The van der Waals surface area contributed by atoms with Crippen LogP contribution in [-0.2, 0) is 6.54 Å². The van der Waals surface area contributed by atoms with Crippen molar-refractivity contribution in [3.63, 3.8) is 0 Å². The van der Waals surface area contributed by atoms with E-state index in [0.717, 1.165) is 30.8 Å². The molecule has 0 saturated carbocycles. The molecule has 0 saturated heterocycles. The Morgan fingerprint density at radius 3 is 3.10 bits per heavy atom. The fourth-order valence-corrected chi connectivity index (χ4v) is 2.99. The van der Waals surface area contributed by atoms with Gasteiger partial charge in [0.2, 0.25) is 0 Å². The number of ether oxygens (including phenoxy) is 1. The van der Waals surface area contributed by atoms with Crippen molar-refractivity contribution in [2.75, 3.05) is 13.2 Å². The second-order valence-corrected chi connectivity index (χ2v) is 5.59. The van der Waals surface area contributed by atoms with Crippen LogP contribution >= 0.6 is 23.2 Å². The minimum Gasteiger partial charge on any atom is -0.492 e. The van der Waals surface area contributed by atoms with Crippen molar-refractivity contribution in [3.05, 3.63) is 46.5 Å². The fourth-order valence-electron chi connectivity index (χ4n) is 2.42. The third kappa shape index (κ3) is 2.92. The summed E-state index contributed by atoms with van der Waals surface area (Å²) in [5.41, 5.74) is 1.04. The maximum Gasteiger partial charge on any atom is 0.142 e. The molecule has 0 fully saturated rings. The molecular weight excluding hydrogens is 297 g/mol. The number of imidazole rings is 1. The van der Waals surface area contributed by atoms with Gasteiger partial charge in [0.25, 0.3) is 0 Å². The third-order valence-corrected chi connectivity index (χ3v) is 3.88. The number of halogens is 2. The molecule has 1 aromatic heterocycles. The van der Waals surface area contributed by atoms with Crippen LogP contribution in [0.25, 0.3) is 0 Å². The van der Waals surface area contributed by atoms with Crippen LogP contribution in [0.5, 0.6) is 5.75 Å². The van der Waals surface area contributed by atoms with E-state index >= 15 is 0 Å². The fraction of sp³-hybridized carbons (Fsp3) is 0.357. The molecule has 2 aromatic rings. The number of nitrogens with one attached hydrogen (secondary N) is 1. The van der Waals surface area contributed by atoms with Gasteiger partial charge in [0.15, 0.2) is 0 Å². The minimum atomic E-state index is 0.221. The van der Waals surface area contributed by atoms with Crippen molar-refractivity contribution in [3.8, 4) is 5.75 Å². The first-order chi connectivity index (χ1) is 9.74. The molecule has 1 atom stereocenters. The average Bonchev–Trinajstić information content (AvgIpc) is 2.92. The quantitative estimate of drug-likeness (QED) is 0.941. The lowest BCUT2D eigenvalue weighted by molar-refractivity contribution is 0.252. The van der Waals surface area contributed by atoms with Gasteiger partial charge in [-0.25, -0.2) is 4.98 Å². The van der Waals surface area contributed by atoms with Crippen LogP contribution in [0.1, 0.15) is 18.0 Å². The molecule has 3 rings (SSSR count). The summed E-state index contributed by atoms with van der Waals surface area (Å²) in [6.45, 7) is 2.39. The molecule has 4 nitrogen and oxygen atoms in total. The van der Waals surface area contributed by atoms with Gasteiger partial charge < -0.3 is 14.6 Å². The molecule has 1 aromatic carbocycles. The van der Waals surface area contributed by atoms with E-state index in [4.69, 9.17) is 27.9 Å². The van der Waals surface area contributed by atoms with Crippen molar-refractivity contribution in [1.82, 2.24) is 14.9 Å². The van der Waals surface area contributed by atoms with E-state index in [1.165, 1.54) is 0 Å². The summed E-state index contributed by atoms with van der Waals surface area (Å²) in [4.78, 5) is 4.03. The minimum absolute atomic E-state index is 0.221. The molecule has 1 N–H and O–H groups in total. The highest BCUT2D eigenvalue weighted by molar-refractivity contribution is 6.35. The number of hydrogen-bond acceptors (Lipinski definition) is 3. The first kappa shape index (κ1) is 13.7. The van der Waals surface area contributed by atoms with Gasteiger partial charge in [-0.05, 0) is 12.1 Å². The van der Waals surface area contributed by atoms with E-state index in [2.05, 4.69) is 10.3 Å². The highest BCUT2D eigenvalue weighted by Gasteiger charge is 2.23. The summed E-state index contributed by atoms with van der Waals surface area (Å²) in [7, 11) is 0. The SMILES string of the molecule is Clc1cc(Cl)c2c(c1)C(NCCn1ccnc1)CCO2. The third-order valence-electron chi connectivity index (χ3n) is 3.39. The zero-order valence-electron chi connectivity index (χ0n) is 10.9. The van der Waals surface area contributed by atoms with E-state index in [0.29, 0.717) is 16.7 Å². The van der Waals surface area contributed by atoms with Crippen LogP contribution in [0.2, 0.25) is 10.0 Å². The molecule has 1 aliphatic heterocycles. The van der Waals surface area contributed by atoms with E-state index in [-0.39, 0.29) is 6.04 Å². The number of benzene rings is 1. The van der Waals surface area contributed by atoms with E-state index in [9.17, 15) is 0 Å². The number of nitrogens with zero attached hydrogens (tertiary/aromatic N) is 2. The molecule has 1 aliphatic rings. The second kappa shape index (κ2) is 6.04. The van der Waals surface area contributed by atoms with E-state index < -0.39 is 0 Å². The summed E-state index contributed by atoms with van der Waals surface area (Å²) < 4.78 is 7.69. The first-order valence-corrected chi connectivity index (χ1v) is 7.30. The molecular formula is C14H15Cl2N3O. The number of fused-ring (bicyclic) bond motifs is 1. The number of hydrogen-bond donors (Lipinski definition) is 1. The maximum atomic E-state index is 6.18. The highest BCUT2D eigenvalue weighted by Crippen LogP contribution is 2.39.